The predicted octanol–water partition coefficient (Wildman–Crippen LogP) is 1.65. The molecule has 0 atom stereocenters. The summed E-state index contributed by atoms with van der Waals surface area (Å²) < 4.78 is 27.1. The van der Waals surface area contributed by atoms with Crippen LogP contribution in [0, 0.1) is 0 Å². The van der Waals surface area contributed by atoms with Crippen LogP contribution < -0.4 is 4.72 Å². The molecule has 1 saturated heterocycles. The maximum absolute atomic E-state index is 12.2. The minimum atomic E-state index is -3.55. The molecule has 0 radical (unpaired) electrons. The van der Waals surface area contributed by atoms with E-state index in [4.69, 9.17) is 0 Å². The van der Waals surface area contributed by atoms with Crippen LogP contribution in [0.15, 0.2) is 29.2 Å². The lowest BCUT2D eigenvalue weighted by molar-refractivity contribution is 0.0988. The van der Waals surface area contributed by atoms with Crippen molar-refractivity contribution in [2.24, 2.45) is 0 Å². The van der Waals surface area contributed by atoms with Crippen LogP contribution >= 0.6 is 0 Å². The lowest BCUT2D eigenvalue weighted by Crippen LogP contribution is -2.33. The second-order valence-electron chi connectivity index (χ2n) is 5.25. The summed E-state index contributed by atoms with van der Waals surface area (Å²) in [6, 6.07) is 6.22. The fourth-order valence-electron chi connectivity index (χ4n) is 2.47. The number of carbonyl (C=O) groups is 1. The Kier molecular flexibility index (Phi) is 5.50. The molecule has 6 heteroatoms. The summed E-state index contributed by atoms with van der Waals surface area (Å²) in [6.45, 7) is 4.98. The van der Waals surface area contributed by atoms with E-state index >= 15 is 0 Å². The number of sulfonamides is 1. The first-order chi connectivity index (χ1) is 10.0. The molecule has 0 bridgehead atoms. The van der Waals surface area contributed by atoms with E-state index in [0.29, 0.717) is 18.5 Å². The van der Waals surface area contributed by atoms with Crippen LogP contribution in [-0.2, 0) is 10.0 Å². The highest BCUT2D eigenvalue weighted by molar-refractivity contribution is 7.89. The van der Waals surface area contributed by atoms with Crippen molar-refractivity contribution in [1.82, 2.24) is 9.62 Å². The van der Waals surface area contributed by atoms with Crippen molar-refractivity contribution in [1.29, 1.82) is 0 Å². The Bertz CT molecular complexity index is 593. The molecular weight excluding hydrogens is 288 g/mol. The SMILES string of the molecule is CCC(=O)c1cccc(S(=O)(=O)NCCN2CCCC2)c1. The average Bonchev–Trinajstić information content (AvgIpc) is 2.99. The Morgan fingerprint density at radius 3 is 2.67 bits per heavy atom. The van der Waals surface area contributed by atoms with Gasteiger partial charge in [-0.05, 0) is 38.1 Å². The Labute approximate surface area is 126 Å². The van der Waals surface area contributed by atoms with Gasteiger partial charge < -0.3 is 4.90 Å². The topological polar surface area (TPSA) is 66.5 Å². The Morgan fingerprint density at radius 1 is 1.29 bits per heavy atom. The normalized spacial score (nSPS) is 16.2. The van der Waals surface area contributed by atoms with Gasteiger partial charge in [-0.1, -0.05) is 19.1 Å². The van der Waals surface area contributed by atoms with Crippen molar-refractivity contribution in [2.75, 3.05) is 26.2 Å². The third kappa shape index (κ3) is 4.36. The van der Waals surface area contributed by atoms with Gasteiger partial charge in [0.05, 0.1) is 4.90 Å². The quantitative estimate of drug-likeness (QED) is 0.778. The lowest BCUT2D eigenvalue weighted by Gasteiger charge is -2.15. The van der Waals surface area contributed by atoms with Gasteiger partial charge in [0.1, 0.15) is 0 Å². The van der Waals surface area contributed by atoms with Crippen LogP contribution in [0.4, 0.5) is 0 Å². The number of hydrogen-bond donors (Lipinski definition) is 1. The third-order valence-corrected chi connectivity index (χ3v) is 5.16. The molecule has 5 nitrogen and oxygen atoms in total. The molecule has 1 aliphatic rings. The molecule has 0 spiro atoms. The third-order valence-electron chi connectivity index (χ3n) is 3.71. The van der Waals surface area contributed by atoms with Gasteiger partial charge in [-0.3, -0.25) is 4.79 Å². The Hall–Kier alpha value is -1.24. The molecule has 1 aromatic rings. The summed E-state index contributed by atoms with van der Waals surface area (Å²) >= 11 is 0. The Morgan fingerprint density at radius 2 is 2.00 bits per heavy atom. The molecule has 116 valence electrons. The van der Waals surface area contributed by atoms with Crippen molar-refractivity contribution in [3.63, 3.8) is 0 Å². The van der Waals surface area contributed by atoms with Crippen molar-refractivity contribution in [3.8, 4) is 0 Å². The fraction of sp³-hybridized carbons (Fsp3) is 0.533. The highest BCUT2D eigenvalue weighted by Crippen LogP contribution is 2.13. The fourth-order valence-corrected chi connectivity index (χ4v) is 3.54. The van der Waals surface area contributed by atoms with Crippen molar-refractivity contribution in [3.05, 3.63) is 29.8 Å². The van der Waals surface area contributed by atoms with E-state index in [1.54, 1.807) is 19.1 Å². The van der Waals surface area contributed by atoms with Crippen molar-refractivity contribution in [2.45, 2.75) is 31.1 Å². The van der Waals surface area contributed by atoms with Crippen LogP contribution in [0.5, 0.6) is 0 Å². The monoisotopic (exact) mass is 310 g/mol. The first-order valence-corrected chi connectivity index (χ1v) is 8.86. The first kappa shape index (κ1) is 16.1. The molecule has 1 heterocycles. The first-order valence-electron chi connectivity index (χ1n) is 7.38. The Balaban J connectivity index is 1.99. The summed E-state index contributed by atoms with van der Waals surface area (Å²) in [5.41, 5.74) is 0.444. The number of nitrogens with one attached hydrogen (secondary N) is 1. The zero-order valence-corrected chi connectivity index (χ0v) is 13.2. The summed E-state index contributed by atoms with van der Waals surface area (Å²) in [5.74, 6) is -0.0517. The van der Waals surface area contributed by atoms with E-state index in [9.17, 15) is 13.2 Å². The van der Waals surface area contributed by atoms with E-state index in [1.165, 1.54) is 25.0 Å². The van der Waals surface area contributed by atoms with Crippen LogP contribution in [-0.4, -0.2) is 45.3 Å². The smallest absolute Gasteiger partial charge is 0.240 e. The minimum absolute atomic E-state index is 0.0517. The molecule has 1 aromatic carbocycles. The van der Waals surface area contributed by atoms with E-state index in [0.717, 1.165) is 19.6 Å². The summed E-state index contributed by atoms with van der Waals surface area (Å²) in [6.07, 6.45) is 2.74. The molecular formula is C15H22N2O3S. The number of carbonyl (C=O) groups excluding carboxylic acids is 1. The molecule has 0 aliphatic carbocycles. The van der Waals surface area contributed by atoms with Crippen LogP contribution in [0.25, 0.3) is 0 Å². The van der Waals surface area contributed by atoms with Crippen molar-refractivity contribution < 1.29 is 13.2 Å². The zero-order chi connectivity index (χ0) is 15.3. The highest BCUT2D eigenvalue weighted by atomic mass is 32.2. The number of hydrogen-bond acceptors (Lipinski definition) is 4. The minimum Gasteiger partial charge on any atom is -0.302 e. The highest BCUT2D eigenvalue weighted by Gasteiger charge is 2.17. The van der Waals surface area contributed by atoms with E-state index in [1.807, 2.05) is 0 Å². The molecule has 0 unspecified atom stereocenters. The molecule has 0 saturated carbocycles. The van der Waals surface area contributed by atoms with Gasteiger partial charge in [-0.2, -0.15) is 0 Å². The van der Waals surface area contributed by atoms with Gasteiger partial charge >= 0.3 is 0 Å². The summed E-state index contributed by atoms with van der Waals surface area (Å²) in [7, 11) is -3.55. The second kappa shape index (κ2) is 7.15. The number of ketones is 1. The molecule has 0 aromatic heterocycles. The number of rotatable bonds is 7. The van der Waals surface area contributed by atoms with Crippen LogP contribution in [0.2, 0.25) is 0 Å². The molecule has 2 rings (SSSR count). The van der Waals surface area contributed by atoms with E-state index < -0.39 is 10.0 Å². The van der Waals surface area contributed by atoms with Gasteiger partial charge in [0.25, 0.3) is 0 Å². The maximum Gasteiger partial charge on any atom is 0.240 e. The molecule has 1 fully saturated rings. The van der Waals surface area contributed by atoms with Crippen molar-refractivity contribution >= 4 is 15.8 Å². The van der Waals surface area contributed by atoms with Crippen LogP contribution in [0.1, 0.15) is 36.5 Å². The predicted molar refractivity (Wildman–Crippen MR) is 81.9 cm³/mol. The van der Waals surface area contributed by atoms with Gasteiger partial charge in [0.2, 0.25) is 10.0 Å². The average molecular weight is 310 g/mol. The van der Waals surface area contributed by atoms with E-state index in [-0.39, 0.29) is 10.7 Å². The second-order valence-corrected chi connectivity index (χ2v) is 7.02. The number of benzene rings is 1. The molecule has 21 heavy (non-hydrogen) atoms. The lowest BCUT2D eigenvalue weighted by atomic mass is 10.1. The number of nitrogens with zero attached hydrogens (tertiary/aromatic N) is 1. The van der Waals surface area contributed by atoms with Gasteiger partial charge in [-0.15, -0.1) is 0 Å². The zero-order valence-electron chi connectivity index (χ0n) is 12.3. The maximum atomic E-state index is 12.2. The number of Topliss-reactive ketones (excluding diaryl/α,β-unsaturated/α-hetero) is 1. The summed E-state index contributed by atoms with van der Waals surface area (Å²) in [5, 5.41) is 0. The van der Waals surface area contributed by atoms with Crippen LogP contribution in [0.3, 0.4) is 0 Å². The van der Waals surface area contributed by atoms with Gasteiger partial charge in [-0.25, -0.2) is 13.1 Å². The van der Waals surface area contributed by atoms with Gasteiger partial charge in [0.15, 0.2) is 5.78 Å². The molecule has 1 N–H and O–H groups in total. The molecule has 0 amide bonds. The standard InChI is InChI=1S/C15H22N2O3S/c1-2-15(18)13-6-5-7-14(12-13)21(19,20)16-8-11-17-9-3-4-10-17/h5-7,12,16H,2-4,8-11H2,1H3. The summed E-state index contributed by atoms with van der Waals surface area (Å²) in [4.78, 5) is 14.1. The van der Waals surface area contributed by atoms with Gasteiger partial charge in [0, 0.05) is 25.1 Å². The van der Waals surface area contributed by atoms with E-state index in [2.05, 4.69) is 9.62 Å². The molecule has 1 aliphatic heterocycles. The number of likely N-dealkylation sites (tertiary alicyclic amines) is 1. The largest absolute Gasteiger partial charge is 0.302 e.